The second-order valence-electron chi connectivity index (χ2n) is 6.52. The molecule has 6 heteroatoms. The van der Waals surface area contributed by atoms with Gasteiger partial charge in [0.05, 0.1) is 6.10 Å². The van der Waals surface area contributed by atoms with Crippen LogP contribution in [0, 0.1) is 6.92 Å². The topological polar surface area (TPSA) is 60.2 Å². The molecule has 1 saturated heterocycles. The quantitative estimate of drug-likeness (QED) is 0.838. The molecule has 6 nitrogen and oxygen atoms in total. The predicted octanol–water partition coefficient (Wildman–Crippen LogP) is 2.82. The molecule has 1 atom stereocenters. The lowest BCUT2D eigenvalue weighted by Crippen LogP contribution is -2.39. The van der Waals surface area contributed by atoms with Gasteiger partial charge in [0.25, 0.3) is 5.91 Å². The van der Waals surface area contributed by atoms with Crippen molar-refractivity contribution in [2.45, 2.75) is 39.2 Å². The molecule has 0 saturated carbocycles. The average molecular weight is 342 g/mol. The van der Waals surface area contributed by atoms with Crippen LogP contribution in [0.25, 0.3) is 11.4 Å². The van der Waals surface area contributed by atoms with Crippen LogP contribution in [0.15, 0.2) is 24.3 Å². The Kier molecular flexibility index (Phi) is 5.48. The van der Waals surface area contributed by atoms with Crippen molar-refractivity contribution in [3.8, 4) is 11.4 Å². The number of hydrogen-bond acceptors (Lipinski definition) is 4. The summed E-state index contributed by atoms with van der Waals surface area (Å²) in [6, 6.07) is 7.55. The molecule has 1 aliphatic rings. The van der Waals surface area contributed by atoms with Gasteiger partial charge in [-0.3, -0.25) is 9.48 Å². The van der Waals surface area contributed by atoms with Gasteiger partial charge in [-0.1, -0.05) is 12.1 Å². The van der Waals surface area contributed by atoms with Gasteiger partial charge < -0.3 is 9.64 Å². The molecular weight excluding hydrogens is 316 g/mol. The zero-order valence-electron chi connectivity index (χ0n) is 15.2. The maximum absolute atomic E-state index is 12.9. The number of carbonyl (C=O) groups excluding carboxylic acids is 1. The summed E-state index contributed by atoms with van der Waals surface area (Å²) in [4.78, 5) is 19.2. The van der Waals surface area contributed by atoms with Gasteiger partial charge in [0, 0.05) is 37.9 Å². The number of benzene rings is 1. The minimum atomic E-state index is 0.0335. The van der Waals surface area contributed by atoms with Gasteiger partial charge in [-0.15, -0.1) is 0 Å². The zero-order chi connectivity index (χ0) is 17.8. The molecule has 0 bridgehead atoms. The van der Waals surface area contributed by atoms with Gasteiger partial charge in [-0.05, 0) is 45.2 Å². The fourth-order valence-electron chi connectivity index (χ4n) is 3.11. The average Bonchev–Trinajstić information content (AvgIpc) is 2.99. The highest BCUT2D eigenvalue weighted by Gasteiger charge is 2.22. The number of amides is 1. The highest BCUT2D eigenvalue weighted by Crippen LogP contribution is 2.19. The largest absolute Gasteiger partial charge is 0.376 e. The molecule has 2 heterocycles. The number of rotatable bonds is 5. The second kappa shape index (κ2) is 7.78. The summed E-state index contributed by atoms with van der Waals surface area (Å²) in [6.07, 6.45) is 3.48. The molecule has 25 heavy (non-hydrogen) atoms. The van der Waals surface area contributed by atoms with Crippen LogP contribution >= 0.6 is 0 Å². The van der Waals surface area contributed by atoms with Crippen LogP contribution in [0.5, 0.6) is 0 Å². The molecule has 1 fully saturated rings. The standard InChI is InChI=1S/C19H26N4O2/c1-4-23(13-17-10-5-6-11-25-17)19(24)16-9-7-8-15(12-16)18-20-14(2)22(3)21-18/h7-9,12,17H,4-6,10-11,13H2,1-3H3/t17-/m0/s1. The third-order valence-electron chi connectivity index (χ3n) is 4.72. The van der Waals surface area contributed by atoms with Crippen molar-refractivity contribution >= 4 is 5.91 Å². The van der Waals surface area contributed by atoms with Crippen LogP contribution in [0.4, 0.5) is 0 Å². The van der Waals surface area contributed by atoms with E-state index in [-0.39, 0.29) is 12.0 Å². The van der Waals surface area contributed by atoms with Crippen LogP contribution in [0.1, 0.15) is 42.4 Å². The van der Waals surface area contributed by atoms with E-state index in [0.717, 1.165) is 30.8 Å². The maximum atomic E-state index is 12.9. The summed E-state index contributed by atoms with van der Waals surface area (Å²) in [5, 5.41) is 4.40. The van der Waals surface area contributed by atoms with Crippen molar-refractivity contribution in [1.29, 1.82) is 0 Å². The third kappa shape index (κ3) is 4.07. The minimum Gasteiger partial charge on any atom is -0.376 e. The number of nitrogens with zero attached hydrogens (tertiary/aromatic N) is 4. The van der Waals surface area contributed by atoms with E-state index in [4.69, 9.17) is 4.74 Å². The molecule has 3 rings (SSSR count). The number of hydrogen-bond donors (Lipinski definition) is 0. The first kappa shape index (κ1) is 17.6. The lowest BCUT2D eigenvalue weighted by molar-refractivity contribution is -0.00311. The van der Waals surface area contributed by atoms with E-state index in [1.54, 1.807) is 4.68 Å². The Hall–Kier alpha value is -2.21. The van der Waals surface area contributed by atoms with Crippen LogP contribution in [-0.4, -0.2) is 51.4 Å². The van der Waals surface area contributed by atoms with Crippen molar-refractivity contribution in [3.63, 3.8) is 0 Å². The molecule has 0 unspecified atom stereocenters. The number of aryl methyl sites for hydroxylation is 2. The van der Waals surface area contributed by atoms with E-state index < -0.39 is 0 Å². The van der Waals surface area contributed by atoms with Crippen LogP contribution in [0.3, 0.4) is 0 Å². The first-order valence-corrected chi connectivity index (χ1v) is 8.97. The summed E-state index contributed by atoms with van der Waals surface area (Å²) >= 11 is 0. The monoisotopic (exact) mass is 342 g/mol. The molecular formula is C19H26N4O2. The lowest BCUT2D eigenvalue weighted by atomic mass is 10.1. The van der Waals surface area contributed by atoms with E-state index in [2.05, 4.69) is 10.1 Å². The maximum Gasteiger partial charge on any atom is 0.253 e. The molecule has 2 aromatic rings. The highest BCUT2D eigenvalue weighted by molar-refractivity contribution is 5.95. The van der Waals surface area contributed by atoms with E-state index in [1.165, 1.54) is 6.42 Å². The Balaban J connectivity index is 1.77. The summed E-state index contributed by atoms with van der Waals surface area (Å²) in [5.74, 6) is 1.52. The number of ether oxygens (including phenoxy) is 1. The molecule has 1 aliphatic heterocycles. The van der Waals surface area contributed by atoms with Gasteiger partial charge >= 0.3 is 0 Å². The molecule has 1 amide bonds. The molecule has 0 N–H and O–H groups in total. The Morgan fingerprint density at radius 2 is 2.24 bits per heavy atom. The van der Waals surface area contributed by atoms with Gasteiger partial charge in [-0.25, -0.2) is 4.98 Å². The first-order chi connectivity index (χ1) is 12.1. The summed E-state index contributed by atoms with van der Waals surface area (Å²) in [6.45, 7) is 6.05. The normalized spacial score (nSPS) is 17.5. The zero-order valence-corrected chi connectivity index (χ0v) is 15.2. The van der Waals surface area contributed by atoms with E-state index in [9.17, 15) is 4.79 Å². The van der Waals surface area contributed by atoms with Gasteiger partial charge in [0.15, 0.2) is 5.82 Å². The molecule has 1 aromatic heterocycles. The van der Waals surface area contributed by atoms with E-state index in [1.807, 2.05) is 50.1 Å². The molecule has 0 aliphatic carbocycles. The third-order valence-corrected chi connectivity index (χ3v) is 4.72. The first-order valence-electron chi connectivity index (χ1n) is 8.97. The van der Waals surface area contributed by atoms with E-state index in [0.29, 0.717) is 24.5 Å². The lowest BCUT2D eigenvalue weighted by Gasteiger charge is -2.29. The summed E-state index contributed by atoms with van der Waals surface area (Å²) in [7, 11) is 1.86. The van der Waals surface area contributed by atoms with Crippen molar-refractivity contribution in [2.75, 3.05) is 19.7 Å². The highest BCUT2D eigenvalue weighted by atomic mass is 16.5. The minimum absolute atomic E-state index is 0.0335. The van der Waals surface area contributed by atoms with Crippen molar-refractivity contribution < 1.29 is 9.53 Å². The number of likely N-dealkylation sites (N-methyl/N-ethyl adjacent to an activating group) is 1. The molecule has 1 aromatic carbocycles. The smallest absolute Gasteiger partial charge is 0.253 e. The van der Waals surface area contributed by atoms with E-state index >= 15 is 0 Å². The SMILES string of the molecule is CCN(C[C@@H]1CCCCO1)C(=O)c1cccc(-c2nc(C)n(C)n2)c1. The van der Waals surface area contributed by atoms with Gasteiger partial charge in [0.1, 0.15) is 5.82 Å². The fraction of sp³-hybridized carbons (Fsp3) is 0.526. The fourth-order valence-corrected chi connectivity index (χ4v) is 3.11. The van der Waals surface area contributed by atoms with Crippen molar-refractivity contribution in [2.24, 2.45) is 7.05 Å². The second-order valence-corrected chi connectivity index (χ2v) is 6.52. The summed E-state index contributed by atoms with van der Waals surface area (Å²) in [5.41, 5.74) is 1.53. The van der Waals surface area contributed by atoms with Crippen molar-refractivity contribution in [1.82, 2.24) is 19.7 Å². The predicted molar refractivity (Wildman–Crippen MR) is 96.3 cm³/mol. The Labute approximate surface area is 148 Å². The molecule has 134 valence electrons. The van der Waals surface area contributed by atoms with Gasteiger partial charge in [0.2, 0.25) is 0 Å². The van der Waals surface area contributed by atoms with Crippen molar-refractivity contribution in [3.05, 3.63) is 35.7 Å². The Morgan fingerprint density at radius 1 is 1.40 bits per heavy atom. The van der Waals surface area contributed by atoms with Crippen LogP contribution < -0.4 is 0 Å². The molecule has 0 spiro atoms. The Bertz CT molecular complexity index is 715. The number of aromatic nitrogens is 3. The summed E-state index contributed by atoms with van der Waals surface area (Å²) < 4.78 is 7.53. The Morgan fingerprint density at radius 3 is 2.88 bits per heavy atom. The van der Waals surface area contributed by atoms with Crippen LogP contribution in [-0.2, 0) is 11.8 Å². The number of carbonyl (C=O) groups is 1. The molecule has 0 radical (unpaired) electrons. The van der Waals surface area contributed by atoms with Crippen LogP contribution in [0.2, 0.25) is 0 Å². The van der Waals surface area contributed by atoms with Gasteiger partial charge in [-0.2, -0.15) is 5.10 Å².